The third-order valence-electron chi connectivity index (χ3n) is 3.83. The first-order chi connectivity index (χ1) is 12.6. The summed E-state index contributed by atoms with van der Waals surface area (Å²) in [5, 5.41) is 2.67. The Hall–Kier alpha value is -2.60. The monoisotopic (exact) mass is 415 g/mol. The highest BCUT2D eigenvalue weighted by atomic mass is 79.9. The van der Waals surface area contributed by atoms with E-state index < -0.39 is 0 Å². The van der Waals surface area contributed by atoms with Gasteiger partial charge >= 0.3 is 0 Å². The van der Waals surface area contributed by atoms with Crippen molar-refractivity contribution in [2.24, 2.45) is 0 Å². The number of hydrogen-bond donors (Lipinski definition) is 1. The number of benzene rings is 2. The Balaban J connectivity index is 1.70. The molecule has 0 fully saturated rings. The number of ketones is 1. The highest BCUT2D eigenvalue weighted by Crippen LogP contribution is 2.30. The molecule has 0 spiro atoms. The van der Waals surface area contributed by atoms with E-state index in [2.05, 4.69) is 21.2 Å². The Morgan fingerprint density at radius 3 is 2.77 bits per heavy atom. The molecule has 0 bridgehead atoms. The zero-order valence-corrected chi connectivity index (χ0v) is 15.8. The van der Waals surface area contributed by atoms with Gasteiger partial charge in [0, 0.05) is 16.6 Å². The van der Waals surface area contributed by atoms with Gasteiger partial charge in [-0.2, -0.15) is 0 Å². The van der Waals surface area contributed by atoms with Gasteiger partial charge in [-0.05, 0) is 48.9 Å². The lowest BCUT2D eigenvalue weighted by Crippen LogP contribution is -2.28. The molecule has 2 aromatic rings. The number of ether oxygens (including phenoxy) is 2. The largest absolute Gasteiger partial charge is 0.488 e. The molecule has 0 saturated carbocycles. The molecule has 0 unspecified atom stereocenters. The molecule has 1 N–H and O–H groups in total. The van der Waals surface area contributed by atoms with Crippen LogP contribution < -0.4 is 14.8 Å². The topological polar surface area (TPSA) is 64.6 Å². The van der Waals surface area contributed by atoms with E-state index in [1.165, 1.54) is 0 Å². The number of rotatable bonds is 5. The van der Waals surface area contributed by atoms with Crippen molar-refractivity contribution in [3.8, 4) is 11.5 Å². The van der Waals surface area contributed by atoms with Crippen LogP contribution in [0.25, 0.3) is 6.08 Å². The third kappa shape index (κ3) is 4.32. The lowest BCUT2D eigenvalue weighted by Gasteiger charge is -2.19. The zero-order chi connectivity index (χ0) is 18.5. The molecule has 1 amide bonds. The minimum atomic E-state index is -0.159. The van der Waals surface area contributed by atoms with Crippen LogP contribution in [-0.4, -0.2) is 31.4 Å². The van der Waals surface area contributed by atoms with E-state index in [1.54, 1.807) is 30.3 Å². The van der Waals surface area contributed by atoms with Gasteiger partial charge in [0.05, 0.1) is 5.56 Å². The molecule has 0 saturated heterocycles. The van der Waals surface area contributed by atoms with Crippen molar-refractivity contribution in [3.05, 3.63) is 63.6 Å². The SMILES string of the molecule is CCNC(=O)COc1ccc(/C=C2/COc3ccc(Br)cc3C2=O)cc1. The van der Waals surface area contributed by atoms with E-state index in [4.69, 9.17) is 9.47 Å². The number of halogens is 1. The van der Waals surface area contributed by atoms with Crippen LogP contribution in [0.4, 0.5) is 0 Å². The van der Waals surface area contributed by atoms with Crippen LogP contribution in [0.15, 0.2) is 52.5 Å². The first-order valence-electron chi connectivity index (χ1n) is 8.24. The molecule has 134 valence electrons. The summed E-state index contributed by atoms with van der Waals surface area (Å²) in [6.07, 6.45) is 1.81. The lowest BCUT2D eigenvalue weighted by atomic mass is 9.98. The Labute approximate surface area is 160 Å². The van der Waals surface area contributed by atoms with Crippen molar-refractivity contribution < 1.29 is 19.1 Å². The summed E-state index contributed by atoms with van der Waals surface area (Å²) in [7, 11) is 0. The first kappa shape index (κ1) is 18.2. The molecule has 5 nitrogen and oxygen atoms in total. The van der Waals surface area contributed by atoms with Crippen LogP contribution in [0, 0.1) is 0 Å². The Bertz CT molecular complexity index is 859. The first-order valence-corrected chi connectivity index (χ1v) is 9.03. The molecule has 2 aromatic carbocycles. The smallest absolute Gasteiger partial charge is 0.257 e. The van der Waals surface area contributed by atoms with E-state index in [9.17, 15) is 9.59 Å². The summed E-state index contributed by atoms with van der Waals surface area (Å²) in [5.74, 6) is 1.00. The molecule has 1 heterocycles. The minimum absolute atomic E-state index is 0.0216. The maximum absolute atomic E-state index is 12.6. The van der Waals surface area contributed by atoms with Crippen LogP contribution >= 0.6 is 15.9 Å². The van der Waals surface area contributed by atoms with Crippen LogP contribution in [0.3, 0.4) is 0 Å². The molecule has 0 aromatic heterocycles. The fourth-order valence-corrected chi connectivity index (χ4v) is 2.93. The van der Waals surface area contributed by atoms with E-state index in [-0.39, 0.29) is 24.9 Å². The van der Waals surface area contributed by atoms with E-state index in [1.807, 2.05) is 25.1 Å². The average Bonchev–Trinajstić information content (AvgIpc) is 2.64. The Morgan fingerprint density at radius 1 is 1.27 bits per heavy atom. The number of carbonyl (C=O) groups is 2. The van der Waals surface area contributed by atoms with Gasteiger partial charge in [0.1, 0.15) is 18.1 Å². The summed E-state index contributed by atoms with van der Waals surface area (Å²) in [6, 6.07) is 12.6. The Kier molecular flexibility index (Phi) is 5.73. The highest BCUT2D eigenvalue weighted by molar-refractivity contribution is 9.10. The van der Waals surface area contributed by atoms with Gasteiger partial charge in [-0.15, -0.1) is 0 Å². The van der Waals surface area contributed by atoms with Gasteiger partial charge in [0.15, 0.2) is 12.4 Å². The predicted octanol–water partition coefficient (Wildman–Crippen LogP) is 3.62. The van der Waals surface area contributed by atoms with Crippen molar-refractivity contribution in [1.29, 1.82) is 0 Å². The van der Waals surface area contributed by atoms with E-state index >= 15 is 0 Å². The molecule has 1 aliphatic heterocycles. The quantitative estimate of drug-likeness (QED) is 0.757. The van der Waals surface area contributed by atoms with Crippen molar-refractivity contribution in [3.63, 3.8) is 0 Å². The number of nitrogens with one attached hydrogen (secondary N) is 1. The molecule has 3 rings (SSSR count). The van der Waals surface area contributed by atoms with Crippen LogP contribution in [0.2, 0.25) is 0 Å². The average molecular weight is 416 g/mol. The normalized spacial score (nSPS) is 14.5. The Morgan fingerprint density at radius 2 is 2.04 bits per heavy atom. The number of amides is 1. The molecule has 0 aliphatic carbocycles. The van der Waals surface area contributed by atoms with Crippen molar-refractivity contribution in [2.45, 2.75) is 6.92 Å². The summed E-state index contributed by atoms with van der Waals surface area (Å²) >= 11 is 3.38. The number of Topliss-reactive ketones (excluding diaryl/α,β-unsaturated/α-hetero) is 1. The molecule has 0 radical (unpaired) electrons. The van der Waals surface area contributed by atoms with Crippen LogP contribution in [-0.2, 0) is 4.79 Å². The van der Waals surface area contributed by atoms with Crippen LogP contribution in [0.1, 0.15) is 22.8 Å². The maximum atomic E-state index is 12.6. The molecule has 6 heteroatoms. The summed E-state index contributed by atoms with van der Waals surface area (Å²) in [6.45, 7) is 2.65. The molecule has 26 heavy (non-hydrogen) atoms. The van der Waals surface area contributed by atoms with Crippen molar-refractivity contribution in [1.82, 2.24) is 5.32 Å². The number of carbonyl (C=O) groups excluding carboxylic acids is 2. The van der Waals surface area contributed by atoms with Crippen molar-refractivity contribution >= 4 is 33.7 Å². The standard InChI is InChI=1S/C20H18BrNO4/c1-2-22-19(23)12-25-16-6-3-13(4-7-16)9-14-11-26-18-8-5-15(21)10-17(18)20(14)24/h3-10H,2,11-12H2,1H3,(H,22,23)/b14-9-. The van der Waals surface area contributed by atoms with Gasteiger partial charge in [-0.1, -0.05) is 28.1 Å². The van der Waals surface area contributed by atoms with Crippen LogP contribution in [0.5, 0.6) is 11.5 Å². The van der Waals surface area contributed by atoms with Gasteiger partial charge in [-0.25, -0.2) is 0 Å². The van der Waals surface area contributed by atoms with E-state index in [0.717, 1.165) is 10.0 Å². The van der Waals surface area contributed by atoms with Gasteiger partial charge in [0.25, 0.3) is 5.91 Å². The number of hydrogen-bond acceptors (Lipinski definition) is 4. The minimum Gasteiger partial charge on any atom is -0.488 e. The number of likely N-dealkylation sites (N-methyl/N-ethyl adjacent to an activating group) is 1. The molecular weight excluding hydrogens is 398 g/mol. The fraction of sp³-hybridized carbons (Fsp3) is 0.200. The van der Waals surface area contributed by atoms with Gasteiger partial charge in [-0.3, -0.25) is 9.59 Å². The molecule has 0 atom stereocenters. The molecular formula is C20H18BrNO4. The second kappa shape index (κ2) is 8.19. The van der Waals surface area contributed by atoms with Gasteiger partial charge < -0.3 is 14.8 Å². The zero-order valence-electron chi connectivity index (χ0n) is 14.3. The maximum Gasteiger partial charge on any atom is 0.257 e. The second-order valence-electron chi connectivity index (χ2n) is 5.74. The summed E-state index contributed by atoms with van der Waals surface area (Å²) in [4.78, 5) is 24.0. The molecule has 1 aliphatic rings. The lowest BCUT2D eigenvalue weighted by molar-refractivity contribution is -0.122. The second-order valence-corrected chi connectivity index (χ2v) is 6.65. The van der Waals surface area contributed by atoms with E-state index in [0.29, 0.717) is 29.2 Å². The summed E-state index contributed by atoms with van der Waals surface area (Å²) < 4.78 is 11.9. The predicted molar refractivity (Wildman–Crippen MR) is 103 cm³/mol. The van der Waals surface area contributed by atoms with Gasteiger partial charge in [0.2, 0.25) is 0 Å². The summed E-state index contributed by atoms with van der Waals surface area (Å²) in [5.41, 5.74) is 2.01. The van der Waals surface area contributed by atoms with Crippen molar-refractivity contribution in [2.75, 3.05) is 19.8 Å². The number of fused-ring (bicyclic) bond motifs is 1. The third-order valence-corrected chi connectivity index (χ3v) is 4.32. The highest BCUT2D eigenvalue weighted by Gasteiger charge is 2.23. The fourth-order valence-electron chi connectivity index (χ4n) is 2.57.